The highest BCUT2D eigenvalue weighted by Crippen LogP contribution is 2.29. The van der Waals surface area contributed by atoms with Crippen LogP contribution in [0.4, 0.5) is 15.9 Å². The first-order valence-electron chi connectivity index (χ1n) is 11.8. The van der Waals surface area contributed by atoms with Crippen LogP contribution in [0.15, 0.2) is 42.6 Å². The van der Waals surface area contributed by atoms with Gasteiger partial charge in [-0.05, 0) is 37.3 Å². The zero-order chi connectivity index (χ0) is 25.1. The monoisotopic (exact) mass is 470 g/mol. The second-order valence-corrected chi connectivity index (χ2v) is 7.13. The van der Waals surface area contributed by atoms with Gasteiger partial charge in [0.25, 0.3) is 0 Å². The Morgan fingerprint density at radius 1 is 1.15 bits per heavy atom. The van der Waals surface area contributed by atoms with Gasteiger partial charge in [-0.2, -0.15) is 0 Å². The number of hydrogen-bond donors (Lipinski definition) is 1. The zero-order valence-electron chi connectivity index (χ0n) is 20.9. The van der Waals surface area contributed by atoms with Gasteiger partial charge >= 0.3 is 5.97 Å². The molecule has 0 bridgehead atoms. The number of fused-ring (bicyclic) bond motifs is 1. The molecule has 1 aliphatic heterocycles. The molecule has 1 N–H and O–H groups in total. The van der Waals surface area contributed by atoms with Crippen LogP contribution in [0.25, 0.3) is 11.0 Å². The van der Waals surface area contributed by atoms with Crippen LogP contribution in [0.1, 0.15) is 56.6 Å². The average molecular weight is 471 g/mol. The molecule has 1 unspecified atom stereocenters. The number of nitrogens with zero attached hydrogens (tertiary/aromatic N) is 3. The second-order valence-electron chi connectivity index (χ2n) is 7.13. The summed E-state index contributed by atoms with van der Waals surface area (Å²) in [6, 6.07) is 9.42. The third-order valence-corrected chi connectivity index (χ3v) is 5.10. The van der Waals surface area contributed by atoms with E-state index in [1.807, 2.05) is 34.6 Å². The van der Waals surface area contributed by atoms with Gasteiger partial charge in [0.2, 0.25) is 0 Å². The summed E-state index contributed by atoms with van der Waals surface area (Å²) in [7, 11) is 1.34. The molecule has 2 aromatic carbocycles. The summed E-state index contributed by atoms with van der Waals surface area (Å²) in [6.07, 6.45) is 1.71. The van der Waals surface area contributed by atoms with E-state index < -0.39 is 5.97 Å². The van der Waals surface area contributed by atoms with Crippen molar-refractivity contribution in [1.29, 1.82) is 0 Å². The molecule has 0 amide bonds. The quantitative estimate of drug-likeness (QED) is 0.485. The Labute approximate surface area is 201 Å². The summed E-state index contributed by atoms with van der Waals surface area (Å²) in [6.45, 7) is 12.7. The van der Waals surface area contributed by atoms with Gasteiger partial charge in [-0.15, -0.1) is 0 Å². The number of methoxy groups -OCH3 is 1. The molecule has 3 aromatic rings. The fraction of sp³-hybridized carbons (Fsp3) is 0.423. The molecule has 1 aliphatic rings. The Hall–Kier alpha value is -3.26. The number of halogens is 1. The minimum atomic E-state index is -0.449. The van der Waals surface area contributed by atoms with Crippen molar-refractivity contribution in [2.45, 2.75) is 40.7 Å². The SMILES string of the molecule is CC.CC.COC(=O)c1cc(C(C)Nc2cccc(F)c2)c2nc(N3CCOCC3)cnc2c1. The molecule has 1 fully saturated rings. The first-order chi connectivity index (χ1) is 16.5. The fourth-order valence-electron chi connectivity index (χ4n) is 3.55. The lowest BCUT2D eigenvalue weighted by molar-refractivity contribution is 0.0600. The highest BCUT2D eigenvalue weighted by molar-refractivity contribution is 5.95. The molecule has 4 rings (SSSR count). The van der Waals surface area contributed by atoms with E-state index in [1.54, 1.807) is 30.5 Å². The van der Waals surface area contributed by atoms with Gasteiger partial charge < -0.3 is 19.7 Å². The van der Waals surface area contributed by atoms with Gasteiger partial charge in [0, 0.05) is 24.3 Å². The maximum absolute atomic E-state index is 13.6. The molecule has 184 valence electrons. The first kappa shape index (κ1) is 27.0. The number of carbonyl (C=O) groups excluding carboxylic acids is 1. The molecule has 0 saturated carbocycles. The molecule has 1 atom stereocenters. The third kappa shape index (κ3) is 6.63. The van der Waals surface area contributed by atoms with Gasteiger partial charge in [0.1, 0.15) is 11.6 Å². The highest BCUT2D eigenvalue weighted by Gasteiger charge is 2.19. The molecule has 34 heavy (non-hydrogen) atoms. The highest BCUT2D eigenvalue weighted by atomic mass is 19.1. The molecule has 1 aromatic heterocycles. The number of morpholine rings is 1. The van der Waals surface area contributed by atoms with E-state index in [4.69, 9.17) is 14.5 Å². The maximum atomic E-state index is 13.6. The summed E-state index contributed by atoms with van der Waals surface area (Å²) in [4.78, 5) is 23.7. The van der Waals surface area contributed by atoms with E-state index in [9.17, 15) is 9.18 Å². The number of anilines is 2. The van der Waals surface area contributed by atoms with Crippen LogP contribution in [-0.2, 0) is 9.47 Å². The van der Waals surface area contributed by atoms with Gasteiger partial charge in [0.05, 0.1) is 49.2 Å². The minimum absolute atomic E-state index is 0.256. The van der Waals surface area contributed by atoms with E-state index in [0.717, 1.165) is 24.5 Å². The summed E-state index contributed by atoms with van der Waals surface area (Å²) in [5, 5.41) is 3.28. The van der Waals surface area contributed by atoms with Gasteiger partial charge in [-0.1, -0.05) is 33.8 Å². The summed E-state index contributed by atoms with van der Waals surface area (Å²) < 4.78 is 23.9. The lowest BCUT2D eigenvalue weighted by Gasteiger charge is -2.28. The van der Waals surface area contributed by atoms with Crippen LogP contribution in [-0.4, -0.2) is 49.4 Å². The Bertz CT molecular complexity index is 1070. The van der Waals surface area contributed by atoms with Crippen LogP contribution >= 0.6 is 0 Å². The van der Waals surface area contributed by atoms with Crippen LogP contribution in [0, 0.1) is 5.82 Å². The predicted molar refractivity (Wildman–Crippen MR) is 135 cm³/mol. The smallest absolute Gasteiger partial charge is 0.337 e. The topological polar surface area (TPSA) is 76.6 Å². The largest absolute Gasteiger partial charge is 0.465 e. The zero-order valence-corrected chi connectivity index (χ0v) is 20.9. The summed E-state index contributed by atoms with van der Waals surface area (Å²) in [5.74, 6) is -0.0132. The lowest BCUT2D eigenvalue weighted by atomic mass is 10.0. The number of benzene rings is 2. The molecule has 1 saturated heterocycles. The summed E-state index contributed by atoms with van der Waals surface area (Å²) in [5.41, 5.74) is 3.08. The van der Waals surface area contributed by atoms with E-state index in [-0.39, 0.29) is 11.9 Å². The summed E-state index contributed by atoms with van der Waals surface area (Å²) >= 11 is 0. The first-order valence-corrected chi connectivity index (χ1v) is 11.8. The number of ether oxygens (including phenoxy) is 2. The van der Waals surface area contributed by atoms with Crippen molar-refractivity contribution in [2.75, 3.05) is 43.6 Å². The Balaban J connectivity index is 0.000000970. The molecular weight excluding hydrogens is 435 g/mol. The Kier molecular flexibility index (Phi) is 10.7. The van der Waals surface area contributed by atoms with Crippen molar-refractivity contribution in [2.24, 2.45) is 0 Å². The van der Waals surface area contributed by atoms with Crippen molar-refractivity contribution in [1.82, 2.24) is 9.97 Å². The van der Waals surface area contributed by atoms with Gasteiger partial charge in [-0.25, -0.2) is 14.2 Å². The van der Waals surface area contributed by atoms with Crippen LogP contribution in [0.5, 0.6) is 0 Å². The van der Waals surface area contributed by atoms with Crippen molar-refractivity contribution < 1.29 is 18.7 Å². The van der Waals surface area contributed by atoms with Crippen molar-refractivity contribution >= 4 is 28.5 Å². The number of carbonyl (C=O) groups is 1. The molecule has 0 spiro atoms. The Morgan fingerprint density at radius 3 is 2.50 bits per heavy atom. The average Bonchev–Trinajstić information content (AvgIpc) is 2.90. The van der Waals surface area contributed by atoms with Crippen molar-refractivity contribution in [3.8, 4) is 0 Å². The second kappa shape index (κ2) is 13.4. The molecule has 7 nitrogen and oxygen atoms in total. The van der Waals surface area contributed by atoms with Gasteiger partial charge in [-0.3, -0.25) is 4.98 Å². The van der Waals surface area contributed by atoms with E-state index in [1.165, 1.54) is 19.2 Å². The standard InChI is InChI=1S/C22H23FN4O3.2C2H6/c1-14(25-17-5-3-4-16(23)12-17)18-10-15(22(28)29-2)11-19-21(18)26-20(13-24-19)27-6-8-30-9-7-27;2*1-2/h3-5,10-14,25H,6-9H2,1-2H3;2*1-2H3. The van der Waals surface area contributed by atoms with E-state index >= 15 is 0 Å². The number of nitrogens with one attached hydrogen (secondary N) is 1. The molecule has 0 radical (unpaired) electrons. The van der Waals surface area contributed by atoms with Gasteiger partial charge in [0.15, 0.2) is 0 Å². The molecule has 2 heterocycles. The lowest BCUT2D eigenvalue weighted by Crippen LogP contribution is -2.36. The Morgan fingerprint density at radius 2 is 1.85 bits per heavy atom. The van der Waals surface area contributed by atoms with Crippen LogP contribution in [0.3, 0.4) is 0 Å². The fourth-order valence-corrected chi connectivity index (χ4v) is 3.55. The normalized spacial score (nSPS) is 13.7. The third-order valence-electron chi connectivity index (χ3n) is 5.10. The van der Waals surface area contributed by atoms with Crippen molar-refractivity contribution in [3.63, 3.8) is 0 Å². The number of aromatic nitrogens is 2. The predicted octanol–water partition coefficient (Wildman–Crippen LogP) is 5.62. The van der Waals surface area contributed by atoms with Crippen LogP contribution < -0.4 is 10.2 Å². The van der Waals surface area contributed by atoms with E-state index in [2.05, 4.69) is 15.2 Å². The molecular formula is C26H35FN4O3. The van der Waals surface area contributed by atoms with Crippen molar-refractivity contribution in [3.05, 3.63) is 59.5 Å². The number of esters is 1. The van der Waals surface area contributed by atoms with Crippen LogP contribution in [0.2, 0.25) is 0 Å². The van der Waals surface area contributed by atoms with E-state index in [0.29, 0.717) is 35.5 Å². The maximum Gasteiger partial charge on any atom is 0.337 e. The molecule has 0 aliphatic carbocycles. The number of hydrogen-bond acceptors (Lipinski definition) is 7. The number of rotatable bonds is 5. The minimum Gasteiger partial charge on any atom is -0.465 e. The molecule has 8 heteroatoms.